The maximum absolute atomic E-state index is 4.69. The van der Waals surface area contributed by atoms with Crippen molar-refractivity contribution in [2.24, 2.45) is 9.98 Å². The maximum Gasteiger partial charge on any atom is 0.0638 e. The smallest absolute Gasteiger partial charge is 0.0638 e. The fourth-order valence-electron chi connectivity index (χ4n) is 3.03. The standard InChI is InChI=1S/C26H24N4.CH4/c1-19-3-5-21(6-4-19)28-23-11-13-25(14-12-23)30-26-17-15-24(16-18-26)29-22-9-7-20(27-2)8-10-22;/h3-18,27,29H,1-2H3;1H4. The molecule has 0 fully saturated rings. The van der Waals surface area contributed by atoms with E-state index in [-0.39, 0.29) is 7.43 Å². The van der Waals surface area contributed by atoms with Crippen molar-refractivity contribution in [3.63, 3.8) is 0 Å². The number of anilines is 3. The molecule has 4 rings (SSSR count). The normalized spacial score (nSPS) is 12.2. The van der Waals surface area contributed by atoms with Crippen molar-refractivity contribution in [1.82, 2.24) is 0 Å². The van der Waals surface area contributed by atoms with E-state index >= 15 is 0 Å². The molecule has 3 aromatic carbocycles. The van der Waals surface area contributed by atoms with Crippen LogP contribution in [-0.2, 0) is 0 Å². The van der Waals surface area contributed by atoms with Crippen LogP contribution in [0.15, 0.2) is 107 Å². The van der Waals surface area contributed by atoms with Crippen LogP contribution in [0.2, 0.25) is 0 Å². The highest BCUT2D eigenvalue weighted by Gasteiger charge is 2.01. The summed E-state index contributed by atoms with van der Waals surface area (Å²) in [4.78, 5) is 9.33. The van der Waals surface area contributed by atoms with Gasteiger partial charge in [0.05, 0.1) is 22.8 Å². The molecule has 156 valence electrons. The predicted octanol–water partition coefficient (Wildman–Crippen LogP) is 7.39. The Labute approximate surface area is 184 Å². The number of nitrogens with zero attached hydrogens (tertiary/aromatic N) is 2. The lowest BCUT2D eigenvalue weighted by atomic mass is 10.1. The van der Waals surface area contributed by atoms with E-state index in [4.69, 9.17) is 4.99 Å². The van der Waals surface area contributed by atoms with Crippen LogP contribution in [-0.4, -0.2) is 18.5 Å². The molecule has 0 radical (unpaired) electrons. The number of aryl methyl sites for hydroxylation is 1. The van der Waals surface area contributed by atoms with Crippen LogP contribution in [0.25, 0.3) is 0 Å². The molecule has 0 amide bonds. The van der Waals surface area contributed by atoms with Gasteiger partial charge in [-0.2, -0.15) is 0 Å². The molecule has 4 heteroatoms. The number of rotatable bonds is 5. The second-order valence-corrected chi connectivity index (χ2v) is 7.07. The van der Waals surface area contributed by atoms with Gasteiger partial charge in [-0.3, -0.25) is 0 Å². The first kappa shape index (κ1) is 21.8. The SMILES string of the molecule is C.CNc1ccc(Nc2ccc(N=C3C=CC(=Nc4ccc(C)cc4)C=C3)cc2)cc1. The molecular formula is C27H28N4. The van der Waals surface area contributed by atoms with Gasteiger partial charge in [-0.25, -0.2) is 9.98 Å². The minimum absolute atomic E-state index is 0. The molecule has 0 spiro atoms. The monoisotopic (exact) mass is 408 g/mol. The first-order chi connectivity index (χ1) is 14.7. The molecule has 0 aromatic heterocycles. The Balaban J connectivity index is 0.00000272. The van der Waals surface area contributed by atoms with Crippen molar-refractivity contribution in [1.29, 1.82) is 0 Å². The Kier molecular flexibility index (Phi) is 7.17. The van der Waals surface area contributed by atoms with E-state index in [1.165, 1.54) is 5.56 Å². The van der Waals surface area contributed by atoms with Gasteiger partial charge in [0.25, 0.3) is 0 Å². The molecule has 0 aliphatic heterocycles. The molecule has 2 N–H and O–H groups in total. The third-order valence-corrected chi connectivity index (χ3v) is 4.73. The van der Waals surface area contributed by atoms with E-state index in [2.05, 4.69) is 34.7 Å². The second kappa shape index (κ2) is 10.2. The van der Waals surface area contributed by atoms with Crippen LogP contribution in [0.4, 0.5) is 28.4 Å². The molecule has 0 atom stereocenters. The largest absolute Gasteiger partial charge is 0.388 e. The quantitative estimate of drug-likeness (QED) is 0.432. The molecular weight excluding hydrogens is 380 g/mol. The summed E-state index contributed by atoms with van der Waals surface area (Å²) in [6, 6.07) is 24.5. The lowest BCUT2D eigenvalue weighted by Gasteiger charge is -2.08. The third kappa shape index (κ3) is 6.03. The van der Waals surface area contributed by atoms with Crippen molar-refractivity contribution in [3.05, 3.63) is 103 Å². The van der Waals surface area contributed by atoms with Crippen LogP contribution >= 0.6 is 0 Å². The first-order valence-corrected chi connectivity index (χ1v) is 9.93. The van der Waals surface area contributed by atoms with Crippen LogP contribution < -0.4 is 10.6 Å². The summed E-state index contributed by atoms with van der Waals surface area (Å²) in [5.41, 5.74) is 8.08. The van der Waals surface area contributed by atoms with Gasteiger partial charge < -0.3 is 10.6 Å². The first-order valence-electron chi connectivity index (χ1n) is 9.93. The molecule has 0 saturated carbocycles. The summed E-state index contributed by atoms with van der Waals surface area (Å²) in [6.07, 6.45) is 7.96. The van der Waals surface area contributed by atoms with Crippen molar-refractivity contribution in [2.45, 2.75) is 14.4 Å². The Morgan fingerprint density at radius 2 is 0.935 bits per heavy atom. The number of hydrogen-bond acceptors (Lipinski definition) is 4. The number of aliphatic imine (C=N–C) groups is 2. The molecule has 1 aliphatic carbocycles. The van der Waals surface area contributed by atoms with Crippen LogP contribution in [0.1, 0.15) is 13.0 Å². The van der Waals surface area contributed by atoms with Gasteiger partial charge in [0.15, 0.2) is 0 Å². The van der Waals surface area contributed by atoms with Gasteiger partial charge in [-0.15, -0.1) is 0 Å². The summed E-state index contributed by atoms with van der Waals surface area (Å²) in [6.45, 7) is 2.07. The highest BCUT2D eigenvalue weighted by Crippen LogP contribution is 2.22. The van der Waals surface area contributed by atoms with Gasteiger partial charge in [0, 0.05) is 24.1 Å². The summed E-state index contributed by atoms with van der Waals surface area (Å²) in [7, 11) is 1.91. The van der Waals surface area contributed by atoms with E-state index in [1.807, 2.05) is 92.0 Å². The number of hydrogen-bond donors (Lipinski definition) is 2. The second-order valence-electron chi connectivity index (χ2n) is 7.07. The van der Waals surface area contributed by atoms with Gasteiger partial charge in [-0.1, -0.05) is 25.1 Å². The molecule has 0 saturated heterocycles. The summed E-state index contributed by atoms with van der Waals surface area (Å²) in [5.74, 6) is 0. The fraction of sp³-hybridized carbons (Fsp3) is 0.111. The molecule has 0 bridgehead atoms. The van der Waals surface area contributed by atoms with E-state index in [9.17, 15) is 0 Å². The fourth-order valence-corrected chi connectivity index (χ4v) is 3.03. The average Bonchev–Trinajstić information content (AvgIpc) is 2.78. The van der Waals surface area contributed by atoms with Gasteiger partial charge in [-0.05, 0) is 91.9 Å². The van der Waals surface area contributed by atoms with Gasteiger partial charge in [0.2, 0.25) is 0 Å². The van der Waals surface area contributed by atoms with Crippen LogP contribution in [0.3, 0.4) is 0 Å². The van der Waals surface area contributed by atoms with E-state index < -0.39 is 0 Å². The Hall–Kier alpha value is -3.92. The highest BCUT2D eigenvalue weighted by atomic mass is 14.9. The lowest BCUT2D eigenvalue weighted by Crippen LogP contribution is -1.99. The zero-order chi connectivity index (χ0) is 20.8. The molecule has 0 heterocycles. The molecule has 0 unspecified atom stereocenters. The number of benzene rings is 3. The van der Waals surface area contributed by atoms with Crippen molar-refractivity contribution in [2.75, 3.05) is 17.7 Å². The topological polar surface area (TPSA) is 48.8 Å². The Morgan fingerprint density at radius 1 is 0.548 bits per heavy atom. The summed E-state index contributed by atoms with van der Waals surface area (Å²) in [5, 5.41) is 6.52. The Bertz CT molecular complexity index is 1100. The zero-order valence-electron chi connectivity index (χ0n) is 17.1. The van der Waals surface area contributed by atoms with Crippen LogP contribution in [0.5, 0.6) is 0 Å². The zero-order valence-corrected chi connectivity index (χ0v) is 17.1. The maximum atomic E-state index is 4.69. The summed E-state index contributed by atoms with van der Waals surface area (Å²) < 4.78 is 0. The molecule has 3 aromatic rings. The number of allylic oxidation sites excluding steroid dienone is 4. The van der Waals surface area contributed by atoms with Gasteiger partial charge >= 0.3 is 0 Å². The van der Waals surface area contributed by atoms with Gasteiger partial charge in [0.1, 0.15) is 0 Å². The molecule has 1 aliphatic rings. The van der Waals surface area contributed by atoms with Crippen molar-refractivity contribution >= 4 is 39.9 Å². The van der Waals surface area contributed by atoms with E-state index in [0.29, 0.717) is 0 Å². The molecule has 4 nitrogen and oxygen atoms in total. The van der Waals surface area contributed by atoms with Crippen molar-refractivity contribution < 1.29 is 0 Å². The third-order valence-electron chi connectivity index (χ3n) is 4.73. The minimum atomic E-state index is 0. The van der Waals surface area contributed by atoms with Crippen LogP contribution in [0, 0.1) is 6.92 Å². The predicted molar refractivity (Wildman–Crippen MR) is 136 cm³/mol. The van der Waals surface area contributed by atoms with E-state index in [0.717, 1.165) is 39.9 Å². The average molecular weight is 409 g/mol. The number of nitrogens with one attached hydrogen (secondary N) is 2. The Morgan fingerprint density at radius 3 is 1.39 bits per heavy atom. The lowest BCUT2D eigenvalue weighted by molar-refractivity contribution is 1.43. The summed E-state index contributed by atoms with van der Waals surface area (Å²) >= 11 is 0. The van der Waals surface area contributed by atoms with E-state index in [1.54, 1.807) is 0 Å². The minimum Gasteiger partial charge on any atom is -0.388 e. The molecule has 31 heavy (non-hydrogen) atoms. The van der Waals surface area contributed by atoms with Crippen molar-refractivity contribution in [3.8, 4) is 0 Å². The highest BCUT2D eigenvalue weighted by molar-refractivity contribution is 6.19.